The Morgan fingerprint density at radius 3 is 2.93 bits per heavy atom. The zero-order valence-corrected chi connectivity index (χ0v) is 7.64. The second kappa shape index (κ2) is 3.23. The molecule has 2 rings (SSSR count). The number of hydrogen-bond donors (Lipinski definition) is 2. The number of nitrogens with one attached hydrogen (secondary N) is 1. The van der Waals surface area contributed by atoms with Crippen molar-refractivity contribution in [3.8, 4) is 0 Å². The largest absolute Gasteiger partial charge is 0.480 e. The number of aliphatic carboxylic acids is 1. The Labute approximate surface area is 84.7 Å². The molecule has 0 spiro atoms. The zero-order chi connectivity index (χ0) is 11.0. The molecule has 0 aliphatic carbocycles. The van der Waals surface area contributed by atoms with E-state index in [0.717, 1.165) is 0 Å². The predicted molar refractivity (Wildman–Crippen MR) is 51.8 cm³/mol. The van der Waals surface area contributed by atoms with Crippen molar-refractivity contribution in [1.82, 2.24) is 0 Å². The van der Waals surface area contributed by atoms with E-state index in [0.29, 0.717) is 11.3 Å². The van der Waals surface area contributed by atoms with Gasteiger partial charge in [-0.1, -0.05) is 0 Å². The second-order valence-electron chi connectivity index (χ2n) is 3.34. The molecule has 0 unspecified atom stereocenters. The van der Waals surface area contributed by atoms with Gasteiger partial charge in [-0.3, -0.25) is 10.1 Å². The lowest BCUT2D eigenvalue weighted by Crippen LogP contribution is -2.26. The summed E-state index contributed by atoms with van der Waals surface area (Å²) in [6, 6.07) is 3.62. The molecular formula is C9H8N2O4. The van der Waals surface area contributed by atoms with E-state index in [4.69, 9.17) is 5.11 Å². The van der Waals surface area contributed by atoms with Crippen LogP contribution in [0.2, 0.25) is 0 Å². The minimum Gasteiger partial charge on any atom is -0.480 e. The number of anilines is 1. The Hall–Kier alpha value is -2.11. The van der Waals surface area contributed by atoms with Gasteiger partial charge in [-0.05, 0) is 11.6 Å². The molecule has 1 aromatic rings. The Morgan fingerprint density at radius 2 is 2.33 bits per heavy atom. The molecule has 1 atom stereocenters. The standard InChI is InChI=1S/C9H8N2O4/c12-9(13)8-4-5-3-6(11(14)15)1-2-7(5)10-8/h1-3,8,10H,4H2,(H,12,13)/t8-/m1/s1. The Morgan fingerprint density at radius 1 is 1.60 bits per heavy atom. The molecule has 6 nitrogen and oxygen atoms in total. The monoisotopic (exact) mass is 208 g/mol. The van der Waals surface area contributed by atoms with E-state index in [9.17, 15) is 14.9 Å². The molecule has 1 aliphatic rings. The van der Waals surface area contributed by atoms with Crippen LogP contribution in [0.25, 0.3) is 0 Å². The average molecular weight is 208 g/mol. The lowest BCUT2D eigenvalue weighted by Gasteiger charge is -2.03. The highest BCUT2D eigenvalue weighted by Gasteiger charge is 2.27. The summed E-state index contributed by atoms with van der Waals surface area (Å²) in [7, 11) is 0. The summed E-state index contributed by atoms with van der Waals surface area (Å²) < 4.78 is 0. The van der Waals surface area contributed by atoms with Gasteiger partial charge in [-0.15, -0.1) is 0 Å². The van der Waals surface area contributed by atoms with E-state index in [1.807, 2.05) is 0 Å². The summed E-state index contributed by atoms with van der Waals surface area (Å²) in [5, 5.41) is 22.0. The summed E-state index contributed by atoms with van der Waals surface area (Å²) in [5.41, 5.74) is 1.33. The van der Waals surface area contributed by atoms with Crippen LogP contribution in [0.3, 0.4) is 0 Å². The number of rotatable bonds is 2. The average Bonchev–Trinajstić information content (AvgIpc) is 2.59. The number of fused-ring (bicyclic) bond motifs is 1. The number of nitro benzene ring substituents is 1. The van der Waals surface area contributed by atoms with E-state index in [1.165, 1.54) is 18.2 Å². The summed E-state index contributed by atoms with van der Waals surface area (Å²) in [6.45, 7) is 0. The SMILES string of the molecule is O=C(O)[C@H]1Cc2cc([N+](=O)[O-])ccc2N1. The molecule has 78 valence electrons. The van der Waals surface area contributed by atoms with Crippen LogP contribution < -0.4 is 5.32 Å². The van der Waals surface area contributed by atoms with Crippen molar-refractivity contribution in [2.75, 3.05) is 5.32 Å². The van der Waals surface area contributed by atoms with Crippen LogP contribution in [0.1, 0.15) is 5.56 Å². The molecule has 0 radical (unpaired) electrons. The van der Waals surface area contributed by atoms with Gasteiger partial charge >= 0.3 is 5.97 Å². The van der Waals surface area contributed by atoms with Crippen molar-refractivity contribution in [1.29, 1.82) is 0 Å². The number of non-ortho nitro benzene ring substituents is 1. The van der Waals surface area contributed by atoms with Gasteiger partial charge in [-0.2, -0.15) is 0 Å². The van der Waals surface area contributed by atoms with Gasteiger partial charge in [0.25, 0.3) is 5.69 Å². The van der Waals surface area contributed by atoms with Crippen molar-refractivity contribution >= 4 is 17.3 Å². The van der Waals surface area contributed by atoms with Crippen LogP contribution in [0.15, 0.2) is 18.2 Å². The third-order valence-corrected chi connectivity index (χ3v) is 2.35. The lowest BCUT2D eigenvalue weighted by atomic mass is 10.1. The fourth-order valence-electron chi connectivity index (χ4n) is 1.61. The van der Waals surface area contributed by atoms with Crippen molar-refractivity contribution in [3.63, 3.8) is 0 Å². The highest BCUT2D eigenvalue weighted by molar-refractivity contribution is 5.81. The number of carbonyl (C=O) groups is 1. The maximum Gasteiger partial charge on any atom is 0.326 e. The van der Waals surface area contributed by atoms with E-state index in [1.54, 1.807) is 0 Å². The van der Waals surface area contributed by atoms with Crippen molar-refractivity contribution in [2.45, 2.75) is 12.5 Å². The summed E-state index contributed by atoms with van der Waals surface area (Å²) in [4.78, 5) is 20.7. The van der Waals surface area contributed by atoms with Crippen LogP contribution in [-0.4, -0.2) is 22.0 Å². The fourth-order valence-corrected chi connectivity index (χ4v) is 1.61. The Balaban J connectivity index is 2.31. The van der Waals surface area contributed by atoms with Gasteiger partial charge in [0, 0.05) is 24.2 Å². The quantitative estimate of drug-likeness (QED) is 0.559. The molecule has 0 saturated heterocycles. The summed E-state index contributed by atoms with van der Waals surface area (Å²) in [6.07, 6.45) is 0.284. The maximum absolute atomic E-state index is 10.7. The molecule has 0 amide bonds. The van der Waals surface area contributed by atoms with Crippen molar-refractivity contribution in [3.05, 3.63) is 33.9 Å². The molecule has 0 saturated carbocycles. The van der Waals surface area contributed by atoms with Crippen LogP contribution in [0.4, 0.5) is 11.4 Å². The normalized spacial score (nSPS) is 18.0. The topological polar surface area (TPSA) is 92.5 Å². The first-order valence-corrected chi connectivity index (χ1v) is 4.34. The predicted octanol–water partition coefficient (Wildman–Crippen LogP) is 1.02. The number of carboxylic acid groups (broad SMARTS) is 1. The highest BCUT2D eigenvalue weighted by Crippen LogP contribution is 2.29. The molecule has 2 N–H and O–H groups in total. The van der Waals surface area contributed by atoms with E-state index in [-0.39, 0.29) is 12.1 Å². The third kappa shape index (κ3) is 1.61. The smallest absolute Gasteiger partial charge is 0.326 e. The van der Waals surface area contributed by atoms with Gasteiger partial charge in [0.2, 0.25) is 0 Å². The van der Waals surface area contributed by atoms with E-state index < -0.39 is 16.9 Å². The number of nitro groups is 1. The molecule has 6 heteroatoms. The van der Waals surface area contributed by atoms with Crippen LogP contribution in [-0.2, 0) is 11.2 Å². The first-order chi connectivity index (χ1) is 7.08. The molecule has 1 aliphatic heterocycles. The van der Waals surface area contributed by atoms with Gasteiger partial charge in [0.15, 0.2) is 0 Å². The van der Waals surface area contributed by atoms with Crippen LogP contribution >= 0.6 is 0 Å². The number of hydrogen-bond acceptors (Lipinski definition) is 4. The second-order valence-corrected chi connectivity index (χ2v) is 3.34. The van der Waals surface area contributed by atoms with Gasteiger partial charge in [0.1, 0.15) is 6.04 Å². The van der Waals surface area contributed by atoms with E-state index in [2.05, 4.69) is 5.32 Å². The van der Waals surface area contributed by atoms with E-state index >= 15 is 0 Å². The third-order valence-electron chi connectivity index (χ3n) is 2.35. The van der Waals surface area contributed by atoms with Gasteiger partial charge in [-0.25, -0.2) is 4.79 Å². The first kappa shape index (κ1) is 9.45. The van der Waals surface area contributed by atoms with Crippen molar-refractivity contribution < 1.29 is 14.8 Å². The zero-order valence-electron chi connectivity index (χ0n) is 7.64. The molecule has 1 aromatic carbocycles. The summed E-state index contributed by atoms with van der Waals surface area (Å²) >= 11 is 0. The number of benzene rings is 1. The van der Waals surface area contributed by atoms with Crippen LogP contribution in [0.5, 0.6) is 0 Å². The fraction of sp³-hybridized carbons (Fsp3) is 0.222. The molecule has 0 aromatic heterocycles. The molecule has 1 heterocycles. The molecule has 15 heavy (non-hydrogen) atoms. The molecule has 0 bridgehead atoms. The highest BCUT2D eigenvalue weighted by atomic mass is 16.6. The van der Waals surface area contributed by atoms with Crippen molar-refractivity contribution in [2.24, 2.45) is 0 Å². The lowest BCUT2D eigenvalue weighted by molar-refractivity contribution is -0.384. The minimum absolute atomic E-state index is 0.0124. The summed E-state index contributed by atoms with van der Waals surface area (Å²) in [5.74, 6) is -0.950. The van der Waals surface area contributed by atoms with Gasteiger partial charge < -0.3 is 10.4 Å². The Kier molecular flexibility index (Phi) is 2.03. The number of carboxylic acids is 1. The van der Waals surface area contributed by atoms with Gasteiger partial charge in [0.05, 0.1) is 4.92 Å². The Bertz CT molecular complexity index is 444. The maximum atomic E-state index is 10.7. The molecule has 0 fully saturated rings. The van der Waals surface area contributed by atoms with Crippen LogP contribution in [0, 0.1) is 10.1 Å². The number of nitrogens with zero attached hydrogens (tertiary/aromatic N) is 1. The molecular weight excluding hydrogens is 200 g/mol. The minimum atomic E-state index is -0.950. The first-order valence-electron chi connectivity index (χ1n) is 4.34.